The molecule has 0 bridgehead atoms. The number of nitrogens with zero attached hydrogens (tertiary/aromatic N) is 3. The van der Waals surface area contributed by atoms with Crippen LogP contribution in [0.25, 0.3) is 10.4 Å². The van der Waals surface area contributed by atoms with Gasteiger partial charge in [-0.25, -0.2) is 9.59 Å². The molecule has 0 radical (unpaired) electrons. The van der Waals surface area contributed by atoms with Crippen molar-refractivity contribution < 1.29 is 24.2 Å². The molecule has 148 valence electrons. The smallest absolute Gasteiger partial charge is 0.408 e. The highest BCUT2D eigenvalue weighted by Gasteiger charge is 2.27. The van der Waals surface area contributed by atoms with Gasteiger partial charge in [0.1, 0.15) is 18.2 Å². The molecule has 0 saturated heterocycles. The number of azide groups is 1. The Kier molecular flexibility index (Phi) is 9.12. The van der Waals surface area contributed by atoms with E-state index in [4.69, 9.17) is 15.0 Å². The van der Waals surface area contributed by atoms with Gasteiger partial charge in [0.25, 0.3) is 0 Å². The molecule has 0 aliphatic heterocycles. The second-order valence-electron chi connectivity index (χ2n) is 6.94. The van der Waals surface area contributed by atoms with E-state index < -0.39 is 29.8 Å². The number of nitrogens with one attached hydrogen (secondary N) is 1. The van der Waals surface area contributed by atoms with Crippen LogP contribution in [-0.4, -0.2) is 41.5 Å². The van der Waals surface area contributed by atoms with Crippen molar-refractivity contribution in [1.82, 2.24) is 5.32 Å². The van der Waals surface area contributed by atoms with Gasteiger partial charge in [-0.3, -0.25) is 0 Å². The first-order chi connectivity index (χ1) is 12.7. The predicted octanol–water partition coefficient (Wildman–Crippen LogP) is 3.07. The highest BCUT2D eigenvalue weighted by Crippen LogP contribution is 2.12. The molecule has 0 unspecified atom stereocenters. The largest absolute Gasteiger partial charge is 0.458 e. The highest BCUT2D eigenvalue weighted by molar-refractivity contribution is 5.81. The number of carbonyl (C=O) groups excluding carboxylic acids is 2. The SMILES string of the molecule is CC(C)(C)OC(=O)[C@H](CC[C@H](O)CN=[N+]=[N-])NC(=O)OCc1ccccc1. The molecule has 1 amide bonds. The fourth-order valence-electron chi connectivity index (χ4n) is 2.11. The van der Waals surface area contributed by atoms with Gasteiger partial charge < -0.3 is 19.9 Å². The maximum Gasteiger partial charge on any atom is 0.408 e. The van der Waals surface area contributed by atoms with Gasteiger partial charge in [0, 0.05) is 4.91 Å². The third-order valence-corrected chi connectivity index (χ3v) is 3.34. The van der Waals surface area contributed by atoms with Crippen molar-refractivity contribution in [2.45, 2.75) is 58.0 Å². The van der Waals surface area contributed by atoms with E-state index in [9.17, 15) is 14.7 Å². The summed E-state index contributed by atoms with van der Waals surface area (Å²) in [4.78, 5) is 27.0. The Morgan fingerprint density at radius 1 is 1.26 bits per heavy atom. The molecule has 1 aromatic rings. The third kappa shape index (κ3) is 10.1. The molecule has 0 aliphatic carbocycles. The molecule has 0 spiro atoms. The topological polar surface area (TPSA) is 134 Å². The number of ether oxygens (including phenoxy) is 2. The standard InChI is InChI=1S/C18H26N4O5/c1-18(2,3)27-16(24)15(10-9-14(23)11-20-22-19)21-17(25)26-12-13-7-5-4-6-8-13/h4-8,14-15,23H,9-12H2,1-3H3,(H,21,25)/t14-,15-/m0/s1. The van der Waals surface area contributed by atoms with Crippen molar-refractivity contribution in [3.05, 3.63) is 46.3 Å². The molecule has 2 atom stereocenters. The summed E-state index contributed by atoms with van der Waals surface area (Å²) in [6, 6.07) is 8.13. The summed E-state index contributed by atoms with van der Waals surface area (Å²) in [6.07, 6.45) is -1.44. The molecule has 9 nitrogen and oxygen atoms in total. The Balaban J connectivity index is 2.64. The summed E-state index contributed by atoms with van der Waals surface area (Å²) >= 11 is 0. The van der Waals surface area contributed by atoms with Gasteiger partial charge in [-0.2, -0.15) is 0 Å². The first-order valence-corrected chi connectivity index (χ1v) is 8.60. The van der Waals surface area contributed by atoms with Gasteiger partial charge in [-0.15, -0.1) is 0 Å². The van der Waals surface area contributed by atoms with E-state index in [1.807, 2.05) is 30.3 Å². The lowest BCUT2D eigenvalue weighted by atomic mass is 10.1. The van der Waals surface area contributed by atoms with E-state index in [1.165, 1.54) is 0 Å². The molecule has 27 heavy (non-hydrogen) atoms. The predicted molar refractivity (Wildman–Crippen MR) is 98.6 cm³/mol. The number of alkyl carbamates (subject to hydrolysis) is 1. The Morgan fingerprint density at radius 2 is 1.93 bits per heavy atom. The van der Waals surface area contributed by atoms with Crippen molar-refractivity contribution in [1.29, 1.82) is 0 Å². The highest BCUT2D eigenvalue weighted by atomic mass is 16.6. The van der Waals surface area contributed by atoms with Crippen LogP contribution < -0.4 is 5.32 Å². The average Bonchev–Trinajstić information content (AvgIpc) is 2.61. The molecule has 0 aliphatic rings. The molecule has 0 heterocycles. The number of rotatable bonds is 9. The van der Waals surface area contributed by atoms with Crippen molar-refractivity contribution >= 4 is 12.1 Å². The Hall–Kier alpha value is -2.77. The first-order valence-electron chi connectivity index (χ1n) is 8.60. The first kappa shape index (κ1) is 22.3. The van der Waals surface area contributed by atoms with Gasteiger partial charge in [0.15, 0.2) is 0 Å². The van der Waals surface area contributed by atoms with E-state index in [0.717, 1.165) is 5.56 Å². The quantitative estimate of drug-likeness (QED) is 0.295. The molecule has 1 aromatic carbocycles. The molecular weight excluding hydrogens is 352 g/mol. The number of aliphatic hydroxyl groups is 1. The van der Waals surface area contributed by atoms with Crippen LogP contribution in [0.2, 0.25) is 0 Å². The number of amides is 1. The van der Waals surface area contributed by atoms with Crippen molar-refractivity contribution in [2.75, 3.05) is 6.54 Å². The number of esters is 1. The Labute approximate surface area is 158 Å². The molecular formula is C18H26N4O5. The van der Waals surface area contributed by atoms with Crippen LogP contribution in [0.5, 0.6) is 0 Å². The Bertz CT molecular complexity index is 653. The van der Waals surface area contributed by atoms with Crippen LogP contribution in [0.1, 0.15) is 39.2 Å². The summed E-state index contributed by atoms with van der Waals surface area (Å²) in [7, 11) is 0. The van der Waals surface area contributed by atoms with Crippen LogP contribution in [0.15, 0.2) is 35.4 Å². The fraction of sp³-hybridized carbons (Fsp3) is 0.556. The van der Waals surface area contributed by atoms with Crippen molar-refractivity contribution in [2.24, 2.45) is 5.11 Å². The average molecular weight is 378 g/mol. The van der Waals surface area contributed by atoms with Crippen molar-refractivity contribution in [3.63, 3.8) is 0 Å². The summed E-state index contributed by atoms with van der Waals surface area (Å²) in [5, 5.41) is 15.5. The normalized spacial score (nSPS) is 13.0. The van der Waals surface area contributed by atoms with Crippen molar-refractivity contribution in [3.8, 4) is 0 Å². The van der Waals surface area contributed by atoms with Crippen LogP contribution in [0.3, 0.4) is 0 Å². The lowest BCUT2D eigenvalue weighted by molar-refractivity contribution is -0.157. The molecule has 9 heteroatoms. The number of carbonyl (C=O) groups is 2. The minimum atomic E-state index is -0.992. The number of hydrogen-bond acceptors (Lipinski definition) is 6. The van der Waals surface area contributed by atoms with Gasteiger partial charge >= 0.3 is 12.1 Å². The number of hydrogen-bond donors (Lipinski definition) is 2. The summed E-state index contributed by atoms with van der Waals surface area (Å²) in [6.45, 7) is 5.09. The number of benzene rings is 1. The maximum absolute atomic E-state index is 12.3. The van der Waals surface area contributed by atoms with Crippen LogP contribution in [0, 0.1) is 0 Å². The maximum atomic E-state index is 12.3. The molecule has 1 rings (SSSR count). The molecule has 0 aromatic heterocycles. The van der Waals surface area contributed by atoms with E-state index in [0.29, 0.717) is 0 Å². The van der Waals surface area contributed by atoms with E-state index in [2.05, 4.69) is 15.3 Å². The van der Waals surface area contributed by atoms with Crippen LogP contribution in [0.4, 0.5) is 4.79 Å². The Morgan fingerprint density at radius 3 is 2.52 bits per heavy atom. The zero-order valence-corrected chi connectivity index (χ0v) is 15.8. The van der Waals surface area contributed by atoms with Gasteiger partial charge in [-0.05, 0) is 44.7 Å². The van der Waals surface area contributed by atoms with E-state index in [-0.39, 0.29) is 26.0 Å². The second-order valence-corrected chi connectivity index (χ2v) is 6.94. The van der Waals surface area contributed by atoms with Gasteiger partial charge in [0.05, 0.1) is 12.6 Å². The zero-order valence-electron chi connectivity index (χ0n) is 15.8. The summed E-state index contributed by atoms with van der Waals surface area (Å²) in [5.74, 6) is -0.629. The zero-order chi connectivity index (χ0) is 20.3. The van der Waals surface area contributed by atoms with Crippen LogP contribution >= 0.6 is 0 Å². The van der Waals surface area contributed by atoms with E-state index >= 15 is 0 Å². The molecule has 2 N–H and O–H groups in total. The minimum Gasteiger partial charge on any atom is -0.458 e. The van der Waals surface area contributed by atoms with Gasteiger partial charge in [0.2, 0.25) is 0 Å². The third-order valence-electron chi connectivity index (χ3n) is 3.34. The fourth-order valence-corrected chi connectivity index (χ4v) is 2.11. The lowest BCUT2D eigenvalue weighted by Crippen LogP contribution is -2.44. The second kappa shape index (κ2) is 11.1. The minimum absolute atomic E-state index is 0.0627. The monoisotopic (exact) mass is 378 g/mol. The lowest BCUT2D eigenvalue weighted by Gasteiger charge is -2.25. The summed E-state index contributed by atoms with van der Waals surface area (Å²) < 4.78 is 10.4. The summed E-state index contributed by atoms with van der Waals surface area (Å²) in [5.41, 5.74) is 8.36. The number of aliphatic hydroxyl groups excluding tert-OH is 1. The molecule has 0 fully saturated rings. The molecule has 0 saturated carbocycles. The van der Waals surface area contributed by atoms with E-state index in [1.54, 1.807) is 20.8 Å². The van der Waals surface area contributed by atoms with Crippen LogP contribution in [-0.2, 0) is 20.9 Å². The van der Waals surface area contributed by atoms with Gasteiger partial charge in [-0.1, -0.05) is 35.4 Å².